The van der Waals surface area contributed by atoms with Crippen LogP contribution in [0.15, 0.2) is 16.8 Å². The van der Waals surface area contributed by atoms with E-state index in [1.165, 1.54) is 0 Å². The molecule has 5 heteroatoms. The number of nitrogens with one attached hydrogen (secondary N) is 2. The Balaban J connectivity index is 2.26. The molecule has 1 rings (SSSR count). The van der Waals surface area contributed by atoms with Crippen LogP contribution in [0.3, 0.4) is 0 Å². The number of aliphatic hydroxyl groups excluding tert-OH is 1. The molecule has 0 aliphatic rings. The van der Waals surface area contributed by atoms with E-state index in [-0.39, 0.29) is 6.10 Å². The fraction of sp³-hybridized carbons (Fsp3) is 0.375. The van der Waals surface area contributed by atoms with E-state index in [9.17, 15) is 0 Å². The number of hydrogen-bond acceptors (Lipinski definition) is 3. The van der Waals surface area contributed by atoms with Crippen LogP contribution in [0.5, 0.6) is 0 Å². The minimum absolute atomic E-state index is 0.387. The number of rotatable bonds is 3. The summed E-state index contributed by atoms with van der Waals surface area (Å²) in [6, 6.07) is 1.95. The van der Waals surface area contributed by atoms with Crippen molar-refractivity contribution in [2.24, 2.45) is 0 Å². The van der Waals surface area contributed by atoms with Crippen LogP contribution in [0.2, 0.25) is 0 Å². The predicted octanol–water partition coefficient (Wildman–Crippen LogP) is 1.42. The zero-order chi connectivity index (χ0) is 9.68. The summed E-state index contributed by atoms with van der Waals surface area (Å²) in [5, 5.41) is 19.4. The molecule has 0 amide bonds. The molecular weight excluding hydrogens is 204 g/mol. The topological polar surface area (TPSA) is 44.3 Å². The maximum absolute atomic E-state index is 8.98. The molecule has 3 N–H and O–H groups in total. The summed E-state index contributed by atoms with van der Waals surface area (Å²) in [6.07, 6.45) is -0.387. The van der Waals surface area contributed by atoms with E-state index in [2.05, 4.69) is 10.6 Å². The zero-order valence-electron chi connectivity index (χ0n) is 7.28. The lowest BCUT2D eigenvalue weighted by Gasteiger charge is -2.10. The van der Waals surface area contributed by atoms with Gasteiger partial charge >= 0.3 is 0 Å². The van der Waals surface area contributed by atoms with Gasteiger partial charge < -0.3 is 15.7 Å². The number of thiophene rings is 1. The standard InChI is InChI=1S/C8H12N2OS2/c1-6(11)4-9-8(12)10-7-2-3-13-5-7/h2-3,5-6,11H,4H2,1H3,(H2,9,10,12)/t6-/m1/s1. The Morgan fingerprint density at radius 3 is 3.08 bits per heavy atom. The first-order valence-electron chi connectivity index (χ1n) is 3.93. The monoisotopic (exact) mass is 216 g/mol. The van der Waals surface area contributed by atoms with E-state index in [1.54, 1.807) is 18.3 Å². The Bertz CT molecular complexity index is 259. The average molecular weight is 216 g/mol. The van der Waals surface area contributed by atoms with Crippen molar-refractivity contribution in [1.29, 1.82) is 0 Å². The fourth-order valence-electron chi connectivity index (χ4n) is 0.751. The molecule has 0 bridgehead atoms. The van der Waals surface area contributed by atoms with Crippen molar-refractivity contribution in [2.45, 2.75) is 13.0 Å². The molecule has 0 saturated heterocycles. The van der Waals surface area contributed by atoms with Crippen LogP contribution in [0.4, 0.5) is 5.69 Å². The first-order valence-corrected chi connectivity index (χ1v) is 5.28. The number of anilines is 1. The van der Waals surface area contributed by atoms with Crippen LogP contribution in [0.25, 0.3) is 0 Å². The normalized spacial score (nSPS) is 12.2. The van der Waals surface area contributed by atoms with E-state index in [0.29, 0.717) is 11.7 Å². The molecule has 0 aliphatic heterocycles. The van der Waals surface area contributed by atoms with E-state index >= 15 is 0 Å². The van der Waals surface area contributed by atoms with Gasteiger partial charge in [0.25, 0.3) is 0 Å². The Morgan fingerprint density at radius 2 is 2.54 bits per heavy atom. The molecule has 1 heterocycles. The Labute approximate surface area is 86.8 Å². The van der Waals surface area contributed by atoms with Crippen LogP contribution >= 0.6 is 23.6 Å². The van der Waals surface area contributed by atoms with Crippen LogP contribution in [-0.4, -0.2) is 22.9 Å². The SMILES string of the molecule is C[C@@H](O)CNC(=S)Nc1ccsc1. The molecule has 0 unspecified atom stereocenters. The Morgan fingerprint density at radius 1 is 1.77 bits per heavy atom. The smallest absolute Gasteiger partial charge is 0.170 e. The lowest BCUT2D eigenvalue weighted by molar-refractivity contribution is 0.198. The highest BCUT2D eigenvalue weighted by atomic mass is 32.1. The molecule has 0 spiro atoms. The summed E-state index contributed by atoms with van der Waals surface area (Å²) in [7, 11) is 0. The van der Waals surface area contributed by atoms with Gasteiger partial charge in [-0.25, -0.2) is 0 Å². The molecule has 0 aromatic carbocycles. The third-order valence-electron chi connectivity index (χ3n) is 1.34. The molecule has 3 nitrogen and oxygen atoms in total. The van der Waals surface area contributed by atoms with Crippen molar-refractivity contribution in [1.82, 2.24) is 5.32 Å². The van der Waals surface area contributed by atoms with Gasteiger partial charge in [-0.15, -0.1) is 0 Å². The highest BCUT2D eigenvalue weighted by Crippen LogP contribution is 2.11. The van der Waals surface area contributed by atoms with E-state index in [0.717, 1.165) is 5.69 Å². The molecule has 1 aromatic heterocycles. The van der Waals surface area contributed by atoms with Crippen molar-refractivity contribution in [3.63, 3.8) is 0 Å². The summed E-state index contributed by atoms with van der Waals surface area (Å²) in [5.74, 6) is 0. The molecule has 0 saturated carbocycles. The van der Waals surface area contributed by atoms with Gasteiger partial charge in [-0.3, -0.25) is 0 Å². The van der Waals surface area contributed by atoms with Crippen molar-refractivity contribution in [3.8, 4) is 0 Å². The van der Waals surface area contributed by atoms with E-state index in [4.69, 9.17) is 17.3 Å². The summed E-state index contributed by atoms with van der Waals surface area (Å²) in [4.78, 5) is 0. The van der Waals surface area contributed by atoms with Crippen molar-refractivity contribution < 1.29 is 5.11 Å². The molecule has 1 aromatic rings. The Hall–Kier alpha value is -0.650. The number of hydrogen-bond donors (Lipinski definition) is 3. The summed E-state index contributed by atoms with van der Waals surface area (Å²) in [6.45, 7) is 2.18. The van der Waals surface area contributed by atoms with Gasteiger partial charge in [0.15, 0.2) is 5.11 Å². The third-order valence-corrected chi connectivity index (χ3v) is 2.27. The molecule has 13 heavy (non-hydrogen) atoms. The minimum atomic E-state index is -0.387. The van der Waals surface area contributed by atoms with Crippen LogP contribution < -0.4 is 10.6 Å². The molecular formula is C8H12N2OS2. The van der Waals surface area contributed by atoms with Gasteiger partial charge in [-0.2, -0.15) is 11.3 Å². The second-order valence-corrected chi connectivity index (χ2v) is 3.88. The highest BCUT2D eigenvalue weighted by molar-refractivity contribution is 7.80. The fourth-order valence-corrected chi connectivity index (χ4v) is 1.54. The van der Waals surface area contributed by atoms with Crippen molar-refractivity contribution in [2.75, 3.05) is 11.9 Å². The number of thiocarbonyl (C=S) groups is 1. The van der Waals surface area contributed by atoms with Crippen LogP contribution in [0.1, 0.15) is 6.92 Å². The van der Waals surface area contributed by atoms with E-state index in [1.807, 2.05) is 16.8 Å². The first-order chi connectivity index (χ1) is 6.18. The van der Waals surface area contributed by atoms with Crippen LogP contribution in [-0.2, 0) is 0 Å². The first kappa shape index (κ1) is 10.4. The van der Waals surface area contributed by atoms with Crippen LogP contribution in [0, 0.1) is 0 Å². The maximum atomic E-state index is 8.98. The lowest BCUT2D eigenvalue weighted by atomic mass is 10.4. The number of aliphatic hydroxyl groups is 1. The predicted molar refractivity (Wildman–Crippen MR) is 60.2 cm³/mol. The summed E-state index contributed by atoms with van der Waals surface area (Å²) >= 11 is 6.60. The Kier molecular flexibility index (Phi) is 4.14. The molecule has 72 valence electrons. The van der Waals surface area contributed by atoms with Crippen molar-refractivity contribution >= 4 is 34.4 Å². The largest absolute Gasteiger partial charge is 0.392 e. The lowest BCUT2D eigenvalue weighted by Crippen LogP contribution is -2.33. The second-order valence-electron chi connectivity index (χ2n) is 2.70. The quantitative estimate of drug-likeness (QED) is 0.669. The zero-order valence-corrected chi connectivity index (χ0v) is 8.91. The van der Waals surface area contributed by atoms with Crippen molar-refractivity contribution in [3.05, 3.63) is 16.8 Å². The maximum Gasteiger partial charge on any atom is 0.170 e. The summed E-state index contributed by atoms with van der Waals surface area (Å²) in [5.41, 5.74) is 0.980. The van der Waals surface area contributed by atoms with E-state index < -0.39 is 0 Å². The molecule has 0 radical (unpaired) electrons. The van der Waals surface area contributed by atoms with Gasteiger partial charge in [0, 0.05) is 11.9 Å². The van der Waals surface area contributed by atoms with Gasteiger partial charge in [0.2, 0.25) is 0 Å². The minimum Gasteiger partial charge on any atom is -0.392 e. The summed E-state index contributed by atoms with van der Waals surface area (Å²) < 4.78 is 0. The van der Waals surface area contributed by atoms with Gasteiger partial charge in [-0.05, 0) is 30.6 Å². The third kappa shape index (κ3) is 4.21. The highest BCUT2D eigenvalue weighted by Gasteiger charge is 1.98. The molecule has 0 aliphatic carbocycles. The van der Waals surface area contributed by atoms with Gasteiger partial charge in [0.1, 0.15) is 0 Å². The average Bonchev–Trinajstić information content (AvgIpc) is 2.53. The molecule has 0 fully saturated rings. The second kappa shape index (κ2) is 5.16. The van der Waals surface area contributed by atoms with Gasteiger partial charge in [-0.1, -0.05) is 0 Å². The molecule has 1 atom stereocenters. The van der Waals surface area contributed by atoms with Gasteiger partial charge in [0.05, 0.1) is 11.8 Å².